The lowest BCUT2D eigenvalue weighted by atomic mass is 10.1. The van der Waals surface area contributed by atoms with Gasteiger partial charge in [-0.3, -0.25) is 4.98 Å². The standard InChI is InChI=1S/C11H10NO/c1-13-8-9-6-7-12-11-5-3-2-4-10(9)11/h2-7H,1,8H2. The summed E-state index contributed by atoms with van der Waals surface area (Å²) < 4.78 is 4.86. The molecule has 0 aliphatic heterocycles. The largest absolute Gasteiger partial charge is 0.374 e. The van der Waals surface area contributed by atoms with Gasteiger partial charge in [0.25, 0.3) is 0 Å². The number of hydrogen-bond acceptors (Lipinski definition) is 2. The third-order valence-electron chi connectivity index (χ3n) is 2.00. The number of nitrogens with zero attached hydrogens (tertiary/aromatic N) is 1. The lowest BCUT2D eigenvalue weighted by Gasteiger charge is -2.03. The second-order valence-electron chi connectivity index (χ2n) is 2.84. The molecule has 0 fully saturated rings. The lowest BCUT2D eigenvalue weighted by Crippen LogP contribution is -1.89. The Morgan fingerprint density at radius 2 is 2.08 bits per heavy atom. The SMILES string of the molecule is [CH2]OCc1ccnc2ccccc12. The highest BCUT2D eigenvalue weighted by Crippen LogP contribution is 2.16. The van der Waals surface area contributed by atoms with E-state index in [1.54, 1.807) is 6.20 Å². The molecular weight excluding hydrogens is 162 g/mol. The van der Waals surface area contributed by atoms with Crippen LogP contribution in [0, 0.1) is 7.11 Å². The van der Waals surface area contributed by atoms with Gasteiger partial charge < -0.3 is 4.74 Å². The van der Waals surface area contributed by atoms with Gasteiger partial charge in [0.15, 0.2) is 0 Å². The van der Waals surface area contributed by atoms with Crippen LogP contribution >= 0.6 is 0 Å². The van der Waals surface area contributed by atoms with Crippen LogP contribution in [0.3, 0.4) is 0 Å². The van der Waals surface area contributed by atoms with E-state index in [0.717, 1.165) is 16.5 Å². The van der Waals surface area contributed by atoms with Crippen molar-refractivity contribution in [1.29, 1.82) is 0 Å². The summed E-state index contributed by atoms with van der Waals surface area (Å²) >= 11 is 0. The first-order valence-corrected chi connectivity index (χ1v) is 4.11. The summed E-state index contributed by atoms with van der Waals surface area (Å²) in [5.74, 6) is 0. The van der Waals surface area contributed by atoms with E-state index >= 15 is 0 Å². The maximum atomic E-state index is 4.86. The molecule has 0 aliphatic carbocycles. The molecule has 2 heteroatoms. The first-order valence-electron chi connectivity index (χ1n) is 4.11. The summed E-state index contributed by atoms with van der Waals surface area (Å²) in [6, 6.07) is 9.95. The van der Waals surface area contributed by atoms with Crippen LogP contribution < -0.4 is 0 Å². The Balaban J connectivity index is 2.61. The second-order valence-corrected chi connectivity index (χ2v) is 2.84. The van der Waals surface area contributed by atoms with Crippen molar-refractivity contribution in [3.63, 3.8) is 0 Å². The molecule has 0 aliphatic rings. The summed E-state index contributed by atoms with van der Waals surface area (Å²) in [4.78, 5) is 4.25. The predicted molar refractivity (Wildman–Crippen MR) is 51.9 cm³/mol. The third kappa shape index (κ3) is 1.53. The van der Waals surface area contributed by atoms with Gasteiger partial charge in [-0.15, -0.1) is 0 Å². The van der Waals surface area contributed by atoms with Crippen molar-refractivity contribution in [3.8, 4) is 0 Å². The van der Waals surface area contributed by atoms with E-state index in [-0.39, 0.29) is 0 Å². The Morgan fingerprint density at radius 1 is 1.23 bits per heavy atom. The molecule has 2 aromatic rings. The number of rotatable bonds is 2. The third-order valence-corrected chi connectivity index (χ3v) is 2.00. The van der Waals surface area contributed by atoms with Crippen molar-refractivity contribution in [2.75, 3.05) is 0 Å². The van der Waals surface area contributed by atoms with Crippen molar-refractivity contribution >= 4 is 10.9 Å². The zero-order chi connectivity index (χ0) is 9.10. The number of fused-ring (bicyclic) bond motifs is 1. The maximum Gasteiger partial charge on any atom is 0.0725 e. The van der Waals surface area contributed by atoms with Crippen LogP contribution in [0.15, 0.2) is 36.5 Å². The summed E-state index contributed by atoms with van der Waals surface area (Å²) in [5.41, 5.74) is 2.12. The van der Waals surface area contributed by atoms with E-state index in [9.17, 15) is 0 Å². The molecule has 0 amide bonds. The minimum Gasteiger partial charge on any atom is -0.374 e. The van der Waals surface area contributed by atoms with Gasteiger partial charge in [0.2, 0.25) is 0 Å². The number of para-hydroxylation sites is 1. The van der Waals surface area contributed by atoms with Crippen LogP contribution in [0.1, 0.15) is 5.56 Å². The van der Waals surface area contributed by atoms with Crippen LogP contribution in [-0.4, -0.2) is 4.98 Å². The number of aromatic nitrogens is 1. The molecule has 0 atom stereocenters. The van der Waals surface area contributed by atoms with E-state index in [1.165, 1.54) is 0 Å². The summed E-state index contributed by atoms with van der Waals surface area (Å²) in [7, 11) is 3.37. The Morgan fingerprint density at radius 3 is 2.92 bits per heavy atom. The molecule has 0 bridgehead atoms. The van der Waals surface area contributed by atoms with Crippen LogP contribution in [0.2, 0.25) is 0 Å². The molecule has 65 valence electrons. The van der Waals surface area contributed by atoms with Gasteiger partial charge in [0.1, 0.15) is 0 Å². The van der Waals surface area contributed by atoms with Crippen LogP contribution in [0.5, 0.6) is 0 Å². The monoisotopic (exact) mass is 172 g/mol. The Labute approximate surface area is 77.2 Å². The molecule has 1 aromatic heterocycles. The predicted octanol–water partition coefficient (Wildman–Crippen LogP) is 2.54. The zero-order valence-electron chi connectivity index (χ0n) is 7.23. The molecule has 0 spiro atoms. The van der Waals surface area contributed by atoms with Crippen molar-refractivity contribution in [3.05, 3.63) is 49.2 Å². The van der Waals surface area contributed by atoms with Crippen LogP contribution in [0.4, 0.5) is 0 Å². The van der Waals surface area contributed by atoms with Gasteiger partial charge in [-0.25, -0.2) is 0 Å². The van der Waals surface area contributed by atoms with Gasteiger partial charge in [0.05, 0.1) is 19.2 Å². The first kappa shape index (κ1) is 8.20. The highest BCUT2D eigenvalue weighted by Gasteiger charge is 1.99. The maximum absolute atomic E-state index is 4.86. The van der Waals surface area contributed by atoms with Gasteiger partial charge in [0, 0.05) is 11.6 Å². The Bertz CT molecular complexity index is 406. The van der Waals surface area contributed by atoms with E-state index in [0.29, 0.717) is 6.61 Å². The van der Waals surface area contributed by atoms with E-state index in [1.807, 2.05) is 30.3 Å². The van der Waals surface area contributed by atoms with E-state index in [4.69, 9.17) is 4.74 Å². The highest BCUT2D eigenvalue weighted by atomic mass is 16.5. The molecular formula is C11H10NO. The van der Waals surface area contributed by atoms with E-state index in [2.05, 4.69) is 12.1 Å². The highest BCUT2D eigenvalue weighted by molar-refractivity contribution is 5.81. The number of benzene rings is 1. The fourth-order valence-corrected chi connectivity index (χ4v) is 1.39. The number of ether oxygens (including phenoxy) is 1. The summed E-state index contributed by atoms with van der Waals surface area (Å²) in [5, 5.41) is 1.13. The van der Waals surface area contributed by atoms with Gasteiger partial charge in [-0.2, -0.15) is 0 Å². The molecule has 13 heavy (non-hydrogen) atoms. The molecule has 2 rings (SSSR count). The molecule has 1 aromatic carbocycles. The van der Waals surface area contributed by atoms with Crippen LogP contribution in [-0.2, 0) is 11.3 Å². The molecule has 0 saturated carbocycles. The normalized spacial score (nSPS) is 10.5. The summed E-state index contributed by atoms with van der Waals surface area (Å²) in [6.07, 6.45) is 1.79. The molecule has 0 N–H and O–H groups in total. The minimum atomic E-state index is 0.531. The topological polar surface area (TPSA) is 22.1 Å². The number of pyridine rings is 1. The average molecular weight is 172 g/mol. The molecule has 0 saturated heterocycles. The molecule has 1 radical (unpaired) electrons. The average Bonchev–Trinajstić information content (AvgIpc) is 2.19. The van der Waals surface area contributed by atoms with Gasteiger partial charge in [-0.1, -0.05) is 18.2 Å². The summed E-state index contributed by atoms with van der Waals surface area (Å²) in [6.45, 7) is 0.531. The lowest BCUT2D eigenvalue weighted by molar-refractivity contribution is 0.230. The van der Waals surface area contributed by atoms with Gasteiger partial charge in [-0.05, 0) is 17.7 Å². The van der Waals surface area contributed by atoms with Crippen LogP contribution in [0.25, 0.3) is 10.9 Å². The quantitative estimate of drug-likeness (QED) is 0.694. The molecule has 1 heterocycles. The second kappa shape index (κ2) is 3.54. The van der Waals surface area contributed by atoms with Crippen molar-refractivity contribution < 1.29 is 4.74 Å². The zero-order valence-corrected chi connectivity index (χ0v) is 7.23. The Hall–Kier alpha value is -1.41. The van der Waals surface area contributed by atoms with Crippen molar-refractivity contribution in [2.24, 2.45) is 0 Å². The Kier molecular flexibility index (Phi) is 2.23. The fraction of sp³-hybridized carbons (Fsp3) is 0.0909. The van der Waals surface area contributed by atoms with Gasteiger partial charge >= 0.3 is 0 Å². The molecule has 2 nitrogen and oxygen atoms in total. The first-order chi connectivity index (χ1) is 6.42. The van der Waals surface area contributed by atoms with E-state index < -0.39 is 0 Å². The minimum absolute atomic E-state index is 0.531. The van der Waals surface area contributed by atoms with Crippen molar-refractivity contribution in [1.82, 2.24) is 4.98 Å². The number of hydrogen-bond donors (Lipinski definition) is 0. The smallest absolute Gasteiger partial charge is 0.0725 e. The fourth-order valence-electron chi connectivity index (χ4n) is 1.39. The molecule has 0 unspecified atom stereocenters. The van der Waals surface area contributed by atoms with Crippen molar-refractivity contribution in [2.45, 2.75) is 6.61 Å².